The van der Waals surface area contributed by atoms with Crippen molar-refractivity contribution in [3.8, 4) is 0 Å². The SMILES string of the molecule is CCCCCCCCCCCCCCCCCCCCCCCCCCCCCCCCCCCCCC=O. The van der Waals surface area contributed by atoms with Crippen LogP contribution in [0, 0.1) is 0 Å². The fourth-order valence-electron chi connectivity index (χ4n) is 6.13. The summed E-state index contributed by atoms with van der Waals surface area (Å²) in [4.78, 5) is 10.3. The summed E-state index contributed by atoms with van der Waals surface area (Å²) >= 11 is 0. The molecule has 0 saturated carbocycles. The van der Waals surface area contributed by atoms with Crippen molar-refractivity contribution in [2.24, 2.45) is 0 Å². The number of aldehydes is 1. The Kier molecular flexibility index (Phi) is 37.4. The fraction of sp³-hybridized carbons (Fsp3) is 0.974. The Balaban J connectivity index is 3.02. The molecule has 0 aliphatic rings. The van der Waals surface area contributed by atoms with E-state index in [4.69, 9.17) is 0 Å². The standard InChI is InChI=1S/C38H76O/c1-2-3-4-5-6-7-8-9-10-11-12-13-14-15-16-17-18-19-20-21-22-23-24-25-26-27-28-29-30-31-32-33-34-35-36-37-38-39/h38H,2-37H2,1H3. The number of hydrogen-bond donors (Lipinski definition) is 0. The third-order valence-corrected chi connectivity index (χ3v) is 8.93. The van der Waals surface area contributed by atoms with Gasteiger partial charge in [-0.2, -0.15) is 0 Å². The van der Waals surface area contributed by atoms with Gasteiger partial charge in [0, 0.05) is 6.42 Å². The lowest BCUT2D eigenvalue weighted by Gasteiger charge is -2.05. The molecule has 39 heavy (non-hydrogen) atoms. The summed E-state index contributed by atoms with van der Waals surface area (Å²) in [5.41, 5.74) is 0. The predicted molar refractivity (Wildman–Crippen MR) is 178 cm³/mol. The molecule has 0 fully saturated rings. The molecule has 0 atom stereocenters. The van der Waals surface area contributed by atoms with E-state index in [0.29, 0.717) is 0 Å². The Morgan fingerprint density at radius 1 is 0.256 bits per heavy atom. The topological polar surface area (TPSA) is 17.1 Å². The summed E-state index contributed by atoms with van der Waals surface area (Å²) in [5, 5.41) is 0. The Morgan fingerprint density at radius 2 is 0.410 bits per heavy atom. The molecule has 0 unspecified atom stereocenters. The van der Waals surface area contributed by atoms with Crippen LogP contribution in [0.15, 0.2) is 0 Å². The van der Waals surface area contributed by atoms with Crippen molar-refractivity contribution < 1.29 is 4.79 Å². The normalized spacial score (nSPS) is 11.4. The van der Waals surface area contributed by atoms with Gasteiger partial charge in [-0.25, -0.2) is 0 Å². The van der Waals surface area contributed by atoms with E-state index in [9.17, 15) is 4.79 Å². The molecular weight excluding hydrogens is 472 g/mol. The van der Waals surface area contributed by atoms with Crippen molar-refractivity contribution in [2.75, 3.05) is 0 Å². The first kappa shape index (κ1) is 38.7. The quantitative estimate of drug-likeness (QED) is 0.0562. The highest BCUT2D eigenvalue weighted by Crippen LogP contribution is 2.17. The van der Waals surface area contributed by atoms with Gasteiger partial charge in [0.15, 0.2) is 0 Å². The molecule has 1 heteroatoms. The largest absolute Gasteiger partial charge is 0.303 e. The second-order valence-corrected chi connectivity index (χ2v) is 13.0. The number of carbonyl (C=O) groups excluding carboxylic acids is 1. The van der Waals surface area contributed by atoms with Gasteiger partial charge in [-0.05, 0) is 6.42 Å². The van der Waals surface area contributed by atoms with Crippen LogP contribution in [-0.2, 0) is 4.79 Å². The van der Waals surface area contributed by atoms with E-state index in [-0.39, 0.29) is 0 Å². The van der Waals surface area contributed by atoms with Crippen molar-refractivity contribution >= 4 is 6.29 Å². The Hall–Kier alpha value is -0.330. The molecule has 0 bridgehead atoms. The molecular formula is C38H76O. The second kappa shape index (κ2) is 37.7. The highest BCUT2D eigenvalue weighted by molar-refractivity contribution is 5.48. The van der Waals surface area contributed by atoms with Gasteiger partial charge >= 0.3 is 0 Å². The van der Waals surface area contributed by atoms with Gasteiger partial charge in [-0.3, -0.25) is 0 Å². The van der Waals surface area contributed by atoms with Gasteiger partial charge in [0.1, 0.15) is 6.29 Å². The Morgan fingerprint density at radius 3 is 0.564 bits per heavy atom. The summed E-state index contributed by atoms with van der Waals surface area (Å²) in [6, 6.07) is 0. The predicted octanol–water partition coefficient (Wildman–Crippen LogP) is 14.2. The first-order chi connectivity index (χ1) is 19.4. The molecule has 0 amide bonds. The highest BCUT2D eigenvalue weighted by Gasteiger charge is 1.97. The lowest BCUT2D eigenvalue weighted by Crippen LogP contribution is -1.85. The fourth-order valence-corrected chi connectivity index (χ4v) is 6.13. The van der Waals surface area contributed by atoms with E-state index in [1.165, 1.54) is 218 Å². The van der Waals surface area contributed by atoms with E-state index >= 15 is 0 Å². The molecule has 0 aromatic rings. The summed E-state index contributed by atoms with van der Waals surface area (Å²) in [6.07, 6.45) is 52.4. The van der Waals surface area contributed by atoms with Crippen molar-refractivity contribution in [1.29, 1.82) is 0 Å². The summed E-state index contributed by atoms with van der Waals surface area (Å²) in [5.74, 6) is 0. The maximum absolute atomic E-state index is 10.3. The van der Waals surface area contributed by atoms with Crippen LogP contribution in [-0.4, -0.2) is 6.29 Å². The van der Waals surface area contributed by atoms with Gasteiger partial charge in [0.25, 0.3) is 0 Å². The highest BCUT2D eigenvalue weighted by atomic mass is 16.1. The lowest BCUT2D eigenvalue weighted by molar-refractivity contribution is -0.107. The first-order valence-electron chi connectivity index (χ1n) is 18.9. The van der Waals surface area contributed by atoms with E-state index in [2.05, 4.69) is 6.92 Å². The summed E-state index contributed by atoms with van der Waals surface area (Å²) in [7, 11) is 0. The molecule has 0 aromatic carbocycles. The van der Waals surface area contributed by atoms with Crippen LogP contribution in [0.25, 0.3) is 0 Å². The average molecular weight is 549 g/mol. The maximum Gasteiger partial charge on any atom is 0.119 e. The van der Waals surface area contributed by atoms with Crippen molar-refractivity contribution in [3.05, 3.63) is 0 Å². The van der Waals surface area contributed by atoms with E-state index in [1.807, 2.05) is 0 Å². The summed E-state index contributed by atoms with van der Waals surface area (Å²) in [6.45, 7) is 2.31. The second-order valence-electron chi connectivity index (χ2n) is 13.0. The smallest absolute Gasteiger partial charge is 0.119 e. The molecule has 0 aromatic heterocycles. The number of hydrogen-bond acceptors (Lipinski definition) is 1. The van der Waals surface area contributed by atoms with E-state index in [0.717, 1.165) is 19.1 Å². The zero-order valence-electron chi connectivity index (χ0n) is 27.4. The number of carbonyl (C=O) groups is 1. The van der Waals surface area contributed by atoms with Crippen molar-refractivity contribution in [3.63, 3.8) is 0 Å². The zero-order chi connectivity index (χ0) is 28.2. The van der Waals surface area contributed by atoms with Crippen molar-refractivity contribution in [1.82, 2.24) is 0 Å². The van der Waals surface area contributed by atoms with E-state index in [1.54, 1.807) is 0 Å². The van der Waals surface area contributed by atoms with Gasteiger partial charge in [-0.15, -0.1) is 0 Å². The van der Waals surface area contributed by atoms with Gasteiger partial charge < -0.3 is 4.79 Å². The van der Waals surface area contributed by atoms with Crippen LogP contribution in [0.1, 0.15) is 238 Å². The molecule has 234 valence electrons. The molecule has 0 rings (SSSR count). The zero-order valence-corrected chi connectivity index (χ0v) is 27.4. The monoisotopic (exact) mass is 549 g/mol. The lowest BCUT2D eigenvalue weighted by atomic mass is 10.0. The molecule has 0 saturated heterocycles. The molecule has 0 aliphatic heterocycles. The molecule has 0 radical (unpaired) electrons. The molecule has 0 heterocycles. The molecule has 1 nitrogen and oxygen atoms in total. The van der Waals surface area contributed by atoms with Crippen LogP contribution in [0.3, 0.4) is 0 Å². The summed E-state index contributed by atoms with van der Waals surface area (Å²) < 4.78 is 0. The van der Waals surface area contributed by atoms with E-state index < -0.39 is 0 Å². The van der Waals surface area contributed by atoms with Crippen LogP contribution < -0.4 is 0 Å². The molecule has 0 N–H and O–H groups in total. The van der Waals surface area contributed by atoms with Crippen LogP contribution in [0.4, 0.5) is 0 Å². The van der Waals surface area contributed by atoms with Gasteiger partial charge in [-0.1, -0.05) is 225 Å². The van der Waals surface area contributed by atoms with Crippen LogP contribution in [0.5, 0.6) is 0 Å². The van der Waals surface area contributed by atoms with Gasteiger partial charge in [0.2, 0.25) is 0 Å². The molecule has 0 spiro atoms. The first-order valence-corrected chi connectivity index (χ1v) is 18.9. The molecule has 0 aliphatic carbocycles. The average Bonchev–Trinajstić information content (AvgIpc) is 2.95. The number of rotatable bonds is 36. The van der Waals surface area contributed by atoms with Crippen LogP contribution >= 0.6 is 0 Å². The van der Waals surface area contributed by atoms with Gasteiger partial charge in [0.05, 0.1) is 0 Å². The Bertz CT molecular complexity index is 417. The minimum atomic E-state index is 0.764. The number of unbranched alkanes of at least 4 members (excludes halogenated alkanes) is 35. The van der Waals surface area contributed by atoms with Crippen molar-refractivity contribution in [2.45, 2.75) is 238 Å². The maximum atomic E-state index is 10.3. The third kappa shape index (κ3) is 37.7. The minimum absolute atomic E-state index is 0.764. The minimum Gasteiger partial charge on any atom is -0.303 e. The van der Waals surface area contributed by atoms with Crippen LogP contribution in [0.2, 0.25) is 0 Å². The third-order valence-electron chi connectivity index (χ3n) is 8.93. The Labute approximate surface area is 248 Å².